The Kier molecular flexibility index (Phi) is 4.49. The lowest BCUT2D eigenvalue weighted by atomic mass is 10.1. The summed E-state index contributed by atoms with van der Waals surface area (Å²) >= 11 is 5.86. The molecule has 1 atom stereocenters. The molecule has 2 aromatic rings. The minimum atomic E-state index is -0.468. The minimum Gasteiger partial charge on any atom is -0.394 e. The molecule has 0 aliphatic heterocycles. The molecular formula is C14H13ClN2O2. The van der Waals surface area contributed by atoms with Crippen LogP contribution in [0.3, 0.4) is 0 Å². The van der Waals surface area contributed by atoms with Gasteiger partial charge in [0.1, 0.15) is 5.15 Å². The molecule has 2 rings (SSSR count). The second-order valence-electron chi connectivity index (χ2n) is 3.96. The highest BCUT2D eigenvalue weighted by molar-refractivity contribution is 6.32. The summed E-state index contributed by atoms with van der Waals surface area (Å²) in [5.74, 6) is -0.360. The minimum absolute atomic E-state index is 0.143. The van der Waals surface area contributed by atoms with Crippen molar-refractivity contribution in [2.24, 2.45) is 0 Å². The largest absolute Gasteiger partial charge is 0.394 e. The van der Waals surface area contributed by atoms with E-state index >= 15 is 0 Å². The van der Waals surface area contributed by atoms with Crippen LogP contribution in [0.15, 0.2) is 48.7 Å². The summed E-state index contributed by atoms with van der Waals surface area (Å²) in [4.78, 5) is 15.9. The van der Waals surface area contributed by atoms with Crippen LogP contribution in [0.5, 0.6) is 0 Å². The third kappa shape index (κ3) is 3.30. The fraction of sp³-hybridized carbons (Fsp3) is 0.143. The highest BCUT2D eigenvalue weighted by Crippen LogP contribution is 2.15. The number of amides is 1. The first-order valence-corrected chi connectivity index (χ1v) is 6.17. The van der Waals surface area contributed by atoms with Gasteiger partial charge in [0.05, 0.1) is 18.2 Å². The third-order valence-corrected chi connectivity index (χ3v) is 2.99. The van der Waals surface area contributed by atoms with E-state index in [1.165, 1.54) is 6.20 Å². The number of aliphatic hydroxyl groups excluding tert-OH is 1. The van der Waals surface area contributed by atoms with Gasteiger partial charge in [-0.1, -0.05) is 41.9 Å². The summed E-state index contributed by atoms with van der Waals surface area (Å²) in [5, 5.41) is 12.3. The van der Waals surface area contributed by atoms with E-state index in [1.807, 2.05) is 30.3 Å². The highest BCUT2D eigenvalue weighted by atomic mass is 35.5. The van der Waals surface area contributed by atoms with Crippen LogP contribution >= 0.6 is 11.6 Å². The molecule has 0 aliphatic rings. The molecule has 1 aromatic carbocycles. The van der Waals surface area contributed by atoms with Crippen LogP contribution in [-0.2, 0) is 0 Å². The number of aliphatic hydroxyl groups is 1. The average molecular weight is 277 g/mol. The SMILES string of the molecule is O=C(NC(CO)c1ccccc1)c1cccnc1Cl. The van der Waals surface area contributed by atoms with E-state index in [4.69, 9.17) is 11.6 Å². The van der Waals surface area contributed by atoms with Gasteiger partial charge in [-0.3, -0.25) is 4.79 Å². The van der Waals surface area contributed by atoms with Gasteiger partial charge in [0, 0.05) is 6.20 Å². The van der Waals surface area contributed by atoms with Crippen LogP contribution in [0.4, 0.5) is 0 Å². The van der Waals surface area contributed by atoms with Crippen LogP contribution < -0.4 is 5.32 Å². The van der Waals surface area contributed by atoms with Gasteiger partial charge < -0.3 is 10.4 Å². The molecule has 2 N–H and O–H groups in total. The fourth-order valence-electron chi connectivity index (χ4n) is 1.71. The van der Waals surface area contributed by atoms with E-state index in [1.54, 1.807) is 12.1 Å². The zero-order chi connectivity index (χ0) is 13.7. The van der Waals surface area contributed by atoms with Crippen LogP contribution in [0, 0.1) is 0 Å². The molecule has 98 valence electrons. The Morgan fingerprint density at radius 1 is 1.26 bits per heavy atom. The lowest BCUT2D eigenvalue weighted by molar-refractivity contribution is 0.0916. The summed E-state index contributed by atoms with van der Waals surface area (Å²) in [6.45, 7) is -0.187. The molecule has 0 aliphatic carbocycles. The van der Waals surface area contributed by atoms with Gasteiger partial charge in [0.2, 0.25) is 0 Å². The van der Waals surface area contributed by atoms with Crippen molar-refractivity contribution in [1.29, 1.82) is 0 Å². The molecule has 19 heavy (non-hydrogen) atoms. The van der Waals surface area contributed by atoms with Gasteiger partial charge in [0.15, 0.2) is 0 Å². The summed E-state index contributed by atoms with van der Waals surface area (Å²) in [5.41, 5.74) is 1.12. The number of rotatable bonds is 4. The maximum absolute atomic E-state index is 12.1. The molecule has 0 fully saturated rings. The topological polar surface area (TPSA) is 62.2 Å². The van der Waals surface area contributed by atoms with Crippen molar-refractivity contribution >= 4 is 17.5 Å². The Morgan fingerprint density at radius 3 is 2.63 bits per heavy atom. The number of hydrogen-bond donors (Lipinski definition) is 2. The van der Waals surface area contributed by atoms with Crippen LogP contribution in [0.25, 0.3) is 0 Å². The van der Waals surface area contributed by atoms with Crippen molar-refractivity contribution in [2.45, 2.75) is 6.04 Å². The van der Waals surface area contributed by atoms with Crippen molar-refractivity contribution in [2.75, 3.05) is 6.61 Å². The first-order chi connectivity index (χ1) is 9.22. The Labute approximate surface area is 116 Å². The highest BCUT2D eigenvalue weighted by Gasteiger charge is 2.16. The van der Waals surface area contributed by atoms with Gasteiger partial charge in [0.25, 0.3) is 5.91 Å². The number of halogens is 1. The van der Waals surface area contributed by atoms with E-state index in [0.29, 0.717) is 5.56 Å². The van der Waals surface area contributed by atoms with Gasteiger partial charge in [-0.05, 0) is 17.7 Å². The number of benzene rings is 1. The molecule has 0 bridgehead atoms. The van der Waals surface area contributed by atoms with Crippen LogP contribution in [0.1, 0.15) is 22.0 Å². The fourth-order valence-corrected chi connectivity index (χ4v) is 1.92. The number of carbonyl (C=O) groups is 1. The number of pyridine rings is 1. The standard InChI is InChI=1S/C14H13ClN2O2/c15-13-11(7-4-8-16-13)14(19)17-12(9-18)10-5-2-1-3-6-10/h1-8,12,18H,9H2,(H,17,19). The molecule has 0 spiro atoms. The number of nitrogens with zero attached hydrogens (tertiary/aromatic N) is 1. The zero-order valence-electron chi connectivity index (χ0n) is 10.1. The van der Waals surface area contributed by atoms with E-state index < -0.39 is 6.04 Å². The van der Waals surface area contributed by atoms with E-state index in [0.717, 1.165) is 5.56 Å². The molecule has 0 saturated heterocycles. The van der Waals surface area contributed by atoms with Crippen molar-refractivity contribution in [3.05, 3.63) is 64.9 Å². The van der Waals surface area contributed by atoms with Gasteiger partial charge in [-0.25, -0.2) is 4.98 Å². The van der Waals surface area contributed by atoms with Gasteiger partial charge in [-0.2, -0.15) is 0 Å². The molecule has 1 unspecified atom stereocenters. The maximum atomic E-state index is 12.1. The maximum Gasteiger partial charge on any atom is 0.254 e. The summed E-state index contributed by atoms with van der Waals surface area (Å²) in [7, 11) is 0. The Balaban J connectivity index is 2.16. The second-order valence-corrected chi connectivity index (χ2v) is 4.32. The monoisotopic (exact) mass is 276 g/mol. The molecule has 1 aromatic heterocycles. The van der Waals surface area contributed by atoms with Crippen molar-refractivity contribution in [1.82, 2.24) is 10.3 Å². The molecule has 5 heteroatoms. The Hall–Kier alpha value is -1.91. The van der Waals surface area contributed by atoms with E-state index in [-0.39, 0.29) is 17.7 Å². The van der Waals surface area contributed by atoms with Crippen molar-refractivity contribution < 1.29 is 9.90 Å². The molecule has 0 saturated carbocycles. The lowest BCUT2D eigenvalue weighted by Crippen LogP contribution is -2.31. The predicted octanol–water partition coefficient (Wildman–Crippen LogP) is 2.20. The zero-order valence-corrected chi connectivity index (χ0v) is 10.8. The number of nitrogens with one attached hydrogen (secondary N) is 1. The normalized spacial score (nSPS) is 11.9. The molecule has 1 heterocycles. The summed E-state index contributed by atoms with van der Waals surface area (Å²) in [6, 6.07) is 12.0. The summed E-state index contributed by atoms with van der Waals surface area (Å²) in [6.07, 6.45) is 1.51. The number of aromatic nitrogens is 1. The lowest BCUT2D eigenvalue weighted by Gasteiger charge is -2.16. The number of carbonyl (C=O) groups excluding carboxylic acids is 1. The first-order valence-electron chi connectivity index (χ1n) is 5.79. The van der Waals surface area contributed by atoms with Crippen molar-refractivity contribution in [3.63, 3.8) is 0 Å². The predicted molar refractivity (Wildman–Crippen MR) is 73.0 cm³/mol. The first kappa shape index (κ1) is 13.5. The smallest absolute Gasteiger partial charge is 0.254 e. The molecule has 4 nitrogen and oxygen atoms in total. The molecule has 1 amide bonds. The summed E-state index contributed by atoms with van der Waals surface area (Å²) < 4.78 is 0. The van der Waals surface area contributed by atoms with Gasteiger partial charge >= 0.3 is 0 Å². The Morgan fingerprint density at radius 2 is 2.00 bits per heavy atom. The van der Waals surface area contributed by atoms with Gasteiger partial charge in [-0.15, -0.1) is 0 Å². The average Bonchev–Trinajstić information content (AvgIpc) is 2.46. The van der Waals surface area contributed by atoms with E-state index in [2.05, 4.69) is 10.3 Å². The van der Waals surface area contributed by atoms with Crippen LogP contribution in [0.2, 0.25) is 5.15 Å². The molecule has 0 radical (unpaired) electrons. The van der Waals surface area contributed by atoms with Crippen molar-refractivity contribution in [3.8, 4) is 0 Å². The Bertz CT molecular complexity index is 560. The number of hydrogen-bond acceptors (Lipinski definition) is 3. The second kappa shape index (κ2) is 6.31. The quantitative estimate of drug-likeness (QED) is 0.842. The molecular weight excluding hydrogens is 264 g/mol. The van der Waals surface area contributed by atoms with E-state index in [9.17, 15) is 9.90 Å². The van der Waals surface area contributed by atoms with Crippen LogP contribution in [-0.4, -0.2) is 22.6 Å². The third-order valence-electron chi connectivity index (χ3n) is 2.69.